The normalized spacial score (nSPS) is 9.20. The third kappa shape index (κ3) is 7.45. The zero-order valence-electron chi connectivity index (χ0n) is 6.20. The molecule has 0 aromatic rings. The van der Waals surface area contributed by atoms with Crippen molar-refractivity contribution in [1.82, 2.24) is 5.32 Å². The van der Waals surface area contributed by atoms with Gasteiger partial charge in [0.15, 0.2) is 0 Å². The molecule has 0 aromatic carbocycles. The Hall–Kier alpha value is -0.550. The molecule has 58 valence electrons. The Labute approximate surface area is 62.0 Å². The molecule has 0 bridgehead atoms. The first-order chi connectivity index (χ1) is 4.91. The lowest BCUT2D eigenvalue weighted by Crippen LogP contribution is -2.16. The van der Waals surface area contributed by atoms with Crippen LogP contribution in [-0.4, -0.2) is 19.8 Å². The largest absolute Gasteiger partial charge is 0.317 e. The maximum Gasteiger partial charge on any atom is 0.0906 e. The van der Waals surface area contributed by atoms with Crippen LogP contribution in [0.5, 0.6) is 0 Å². The van der Waals surface area contributed by atoms with Crippen molar-refractivity contribution in [3.05, 3.63) is 0 Å². The summed E-state index contributed by atoms with van der Waals surface area (Å²) in [6.07, 6.45) is 7.44. The van der Waals surface area contributed by atoms with Crippen molar-refractivity contribution in [3.63, 3.8) is 0 Å². The van der Waals surface area contributed by atoms with Gasteiger partial charge in [0.1, 0.15) is 0 Å². The van der Waals surface area contributed by atoms with E-state index in [0.717, 1.165) is 25.9 Å². The van der Waals surface area contributed by atoms with Crippen LogP contribution in [0.4, 0.5) is 4.39 Å². The molecular formula is C8H14FN. The molecule has 0 saturated heterocycles. The summed E-state index contributed by atoms with van der Waals surface area (Å²) >= 11 is 0. The monoisotopic (exact) mass is 143 g/mol. The molecule has 0 aromatic heterocycles. The standard InChI is InChI=1S/C8H14FN/c1-2-3-4-7-10-8-5-6-9/h1,10H,3-8H2. The number of rotatable bonds is 6. The van der Waals surface area contributed by atoms with Crippen LogP contribution in [-0.2, 0) is 0 Å². The van der Waals surface area contributed by atoms with Crippen molar-refractivity contribution in [2.45, 2.75) is 19.3 Å². The molecule has 0 unspecified atom stereocenters. The highest BCUT2D eigenvalue weighted by molar-refractivity contribution is 4.83. The molecule has 10 heavy (non-hydrogen) atoms. The number of hydrogen-bond donors (Lipinski definition) is 1. The van der Waals surface area contributed by atoms with Crippen molar-refractivity contribution >= 4 is 0 Å². The van der Waals surface area contributed by atoms with E-state index in [9.17, 15) is 4.39 Å². The van der Waals surface area contributed by atoms with Crippen molar-refractivity contribution in [3.8, 4) is 12.3 Å². The predicted octanol–water partition coefficient (Wildman–Crippen LogP) is 1.35. The summed E-state index contributed by atoms with van der Waals surface area (Å²) in [6, 6.07) is 0. The predicted molar refractivity (Wildman–Crippen MR) is 41.5 cm³/mol. The lowest BCUT2D eigenvalue weighted by molar-refractivity contribution is 0.459. The number of terminal acetylenes is 1. The molecule has 0 radical (unpaired) electrons. The Bertz CT molecular complexity index is 95.9. The molecule has 0 spiro atoms. The summed E-state index contributed by atoms with van der Waals surface area (Å²) in [5, 5.41) is 3.09. The van der Waals surface area contributed by atoms with Crippen LogP contribution in [0.25, 0.3) is 0 Å². The van der Waals surface area contributed by atoms with E-state index in [0.29, 0.717) is 6.42 Å². The molecule has 1 N–H and O–H groups in total. The highest BCUT2D eigenvalue weighted by Crippen LogP contribution is 1.83. The van der Waals surface area contributed by atoms with Gasteiger partial charge in [0.25, 0.3) is 0 Å². The number of alkyl halides is 1. The van der Waals surface area contributed by atoms with E-state index in [1.54, 1.807) is 0 Å². The van der Waals surface area contributed by atoms with Crippen molar-refractivity contribution in [2.75, 3.05) is 19.8 Å². The maximum absolute atomic E-state index is 11.5. The van der Waals surface area contributed by atoms with Gasteiger partial charge < -0.3 is 5.32 Å². The summed E-state index contributed by atoms with van der Waals surface area (Å²) in [5.41, 5.74) is 0. The van der Waals surface area contributed by atoms with E-state index in [1.165, 1.54) is 0 Å². The average Bonchev–Trinajstić information content (AvgIpc) is 1.97. The number of halogens is 1. The second-order valence-electron chi connectivity index (χ2n) is 2.10. The first-order valence-corrected chi connectivity index (χ1v) is 3.62. The molecule has 1 nitrogen and oxygen atoms in total. The van der Waals surface area contributed by atoms with Gasteiger partial charge in [0.2, 0.25) is 0 Å². The summed E-state index contributed by atoms with van der Waals surface area (Å²) in [4.78, 5) is 0. The molecule has 0 aliphatic heterocycles. The van der Waals surface area contributed by atoms with Crippen LogP contribution in [0, 0.1) is 12.3 Å². The first kappa shape index (κ1) is 9.45. The van der Waals surface area contributed by atoms with Gasteiger partial charge in [-0.3, -0.25) is 4.39 Å². The molecule has 0 heterocycles. The van der Waals surface area contributed by atoms with Gasteiger partial charge in [-0.1, -0.05) is 0 Å². The highest BCUT2D eigenvalue weighted by Gasteiger charge is 1.85. The van der Waals surface area contributed by atoms with Gasteiger partial charge >= 0.3 is 0 Å². The fourth-order valence-electron chi connectivity index (χ4n) is 0.632. The van der Waals surface area contributed by atoms with E-state index in [1.807, 2.05) is 0 Å². The lowest BCUT2D eigenvalue weighted by atomic mass is 10.3. The summed E-state index contributed by atoms with van der Waals surface area (Å²) in [6.45, 7) is 1.44. The molecule has 2 heteroatoms. The fraction of sp³-hybridized carbons (Fsp3) is 0.750. The van der Waals surface area contributed by atoms with E-state index in [4.69, 9.17) is 6.42 Å². The number of unbranched alkanes of at least 4 members (excludes halogenated alkanes) is 1. The summed E-state index contributed by atoms with van der Waals surface area (Å²) in [5.74, 6) is 2.54. The topological polar surface area (TPSA) is 12.0 Å². The molecule has 0 atom stereocenters. The fourth-order valence-corrected chi connectivity index (χ4v) is 0.632. The minimum atomic E-state index is -0.234. The van der Waals surface area contributed by atoms with Crippen LogP contribution in [0.2, 0.25) is 0 Å². The SMILES string of the molecule is C#CCCCNCCCF. The lowest BCUT2D eigenvalue weighted by Gasteiger charge is -1.98. The molecule has 0 amide bonds. The first-order valence-electron chi connectivity index (χ1n) is 3.62. The van der Waals surface area contributed by atoms with Crippen LogP contribution in [0.15, 0.2) is 0 Å². The zero-order valence-corrected chi connectivity index (χ0v) is 6.20. The smallest absolute Gasteiger partial charge is 0.0906 e. The Balaban J connectivity index is 2.72. The Morgan fingerprint density at radius 2 is 2.00 bits per heavy atom. The Kier molecular flexibility index (Phi) is 7.99. The molecular weight excluding hydrogens is 129 g/mol. The third-order valence-corrected chi connectivity index (χ3v) is 1.16. The zero-order chi connectivity index (χ0) is 7.66. The van der Waals surface area contributed by atoms with Crippen LogP contribution < -0.4 is 5.32 Å². The summed E-state index contributed by atoms with van der Waals surface area (Å²) in [7, 11) is 0. The highest BCUT2D eigenvalue weighted by atomic mass is 19.1. The quantitative estimate of drug-likeness (QED) is 0.437. The maximum atomic E-state index is 11.5. The van der Waals surface area contributed by atoms with E-state index in [-0.39, 0.29) is 6.67 Å². The summed E-state index contributed by atoms with van der Waals surface area (Å²) < 4.78 is 11.5. The van der Waals surface area contributed by atoms with E-state index < -0.39 is 0 Å². The van der Waals surface area contributed by atoms with Crippen molar-refractivity contribution in [1.29, 1.82) is 0 Å². The minimum Gasteiger partial charge on any atom is -0.317 e. The van der Waals surface area contributed by atoms with Gasteiger partial charge in [0.05, 0.1) is 6.67 Å². The molecule has 0 rings (SSSR count). The second kappa shape index (κ2) is 8.45. The molecule has 0 aliphatic rings. The van der Waals surface area contributed by atoms with Gasteiger partial charge in [0, 0.05) is 6.42 Å². The van der Waals surface area contributed by atoms with Gasteiger partial charge in [-0.2, -0.15) is 0 Å². The van der Waals surface area contributed by atoms with Crippen LogP contribution in [0.3, 0.4) is 0 Å². The number of nitrogens with one attached hydrogen (secondary N) is 1. The van der Waals surface area contributed by atoms with Crippen LogP contribution >= 0.6 is 0 Å². The van der Waals surface area contributed by atoms with E-state index >= 15 is 0 Å². The second-order valence-corrected chi connectivity index (χ2v) is 2.10. The molecule has 0 aliphatic carbocycles. The average molecular weight is 143 g/mol. The third-order valence-electron chi connectivity index (χ3n) is 1.16. The Morgan fingerprint density at radius 1 is 1.30 bits per heavy atom. The van der Waals surface area contributed by atoms with E-state index in [2.05, 4.69) is 11.2 Å². The number of hydrogen-bond acceptors (Lipinski definition) is 1. The van der Waals surface area contributed by atoms with Crippen molar-refractivity contribution < 1.29 is 4.39 Å². The molecule has 0 fully saturated rings. The Morgan fingerprint density at radius 3 is 2.60 bits per heavy atom. The minimum absolute atomic E-state index is 0.234. The molecule has 0 saturated carbocycles. The van der Waals surface area contributed by atoms with Gasteiger partial charge in [-0.05, 0) is 25.9 Å². The van der Waals surface area contributed by atoms with Gasteiger partial charge in [-0.15, -0.1) is 12.3 Å². The van der Waals surface area contributed by atoms with Crippen molar-refractivity contribution in [2.24, 2.45) is 0 Å². The van der Waals surface area contributed by atoms with Crippen LogP contribution in [0.1, 0.15) is 19.3 Å². The van der Waals surface area contributed by atoms with Gasteiger partial charge in [-0.25, -0.2) is 0 Å².